The Morgan fingerprint density at radius 3 is 2.84 bits per heavy atom. The number of nitrogens with two attached hydrogens (primary N) is 1. The van der Waals surface area contributed by atoms with Crippen molar-refractivity contribution in [3.05, 3.63) is 33.6 Å². The van der Waals surface area contributed by atoms with Crippen molar-refractivity contribution in [2.24, 2.45) is 0 Å². The molecular formula is C11H8ClN5O2. The number of hydrogen-bond donors (Lipinski definition) is 4. The van der Waals surface area contributed by atoms with E-state index in [1.165, 1.54) is 18.2 Å². The van der Waals surface area contributed by atoms with E-state index in [1.807, 2.05) is 0 Å². The number of aromatic hydroxyl groups is 1. The van der Waals surface area contributed by atoms with Crippen LogP contribution < -0.4 is 11.3 Å². The minimum absolute atomic E-state index is 0.0162. The summed E-state index contributed by atoms with van der Waals surface area (Å²) in [5, 5.41) is 9.86. The van der Waals surface area contributed by atoms with Crippen molar-refractivity contribution in [1.82, 2.24) is 19.9 Å². The lowest BCUT2D eigenvalue weighted by Gasteiger charge is -2.00. The molecule has 0 aliphatic carbocycles. The first-order valence-corrected chi connectivity index (χ1v) is 5.67. The van der Waals surface area contributed by atoms with E-state index in [0.29, 0.717) is 16.4 Å². The fourth-order valence-corrected chi connectivity index (χ4v) is 1.95. The van der Waals surface area contributed by atoms with Crippen molar-refractivity contribution in [2.75, 3.05) is 5.73 Å². The lowest BCUT2D eigenvalue weighted by atomic mass is 10.2. The second-order valence-corrected chi connectivity index (χ2v) is 4.31. The van der Waals surface area contributed by atoms with Crippen molar-refractivity contribution >= 4 is 28.7 Å². The number of imidazole rings is 1. The van der Waals surface area contributed by atoms with Gasteiger partial charge in [0.25, 0.3) is 5.56 Å². The summed E-state index contributed by atoms with van der Waals surface area (Å²) < 4.78 is 0. The smallest absolute Gasteiger partial charge is 0.278 e. The Bertz CT molecular complexity index is 839. The standard InChI is InChI=1S/C11H8ClN5O2/c12-6-2-1-4(18)3-5(6)8-14-7-9(15-8)16-11(13)17-10(7)19/h1-3,18H,(H4,13,14,15,16,17,19). The van der Waals surface area contributed by atoms with E-state index < -0.39 is 5.56 Å². The maximum atomic E-state index is 11.7. The quantitative estimate of drug-likeness (QED) is 0.533. The van der Waals surface area contributed by atoms with Crippen LogP contribution in [-0.4, -0.2) is 25.0 Å². The third-order valence-electron chi connectivity index (χ3n) is 2.58. The van der Waals surface area contributed by atoms with Gasteiger partial charge in [-0.1, -0.05) is 11.6 Å². The van der Waals surface area contributed by atoms with Crippen LogP contribution in [0.4, 0.5) is 5.95 Å². The Labute approximate surface area is 111 Å². The molecule has 0 aliphatic rings. The van der Waals surface area contributed by atoms with Gasteiger partial charge in [0.2, 0.25) is 5.95 Å². The van der Waals surface area contributed by atoms with Gasteiger partial charge in [-0.05, 0) is 18.2 Å². The zero-order valence-electron chi connectivity index (χ0n) is 9.44. The zero-order valence-corrected chi connectivity index (χ0v) is 10.2. The van der Waals surface area contributed by atoms with E-state index in [0.717, 1.165) is 0 Å². The van der Waals surface area contributed by atoms with Crippen LogP contribution in [0.25, 0.3) is 22.6 Å². The minimum Gasteiger partial charge on any atom is -0.508 e. The molecule has 3 aromatic rings. The molecule has 1 aromatic carbocycles. The molecular weight excluding hydrogens is 270 g/mol. The first-order chi connectivity index (χ1) is 9.04. The van der Waals surface area contributed by atoms with E-state index in [1.54, 1.807) is 0 Å². The first-order valence-electron chi connectivity index (χ1n) is 5.29. The van der Waals surface area contributed by atoms with Gasteiger partial charge in [0, 0.05) is 5.56 Å². The molecule has 96 valence electrons. The molecule has 0 unspecified atom stereocenters. The molecule has 0 radical (unpaired) electrons. The van der Waals surface area contributed by atoms with E-state index in [4.69, 9.17) is 17.3 Å². The number of phenolic OH excluding ortho intramolecular Hbond substituents is 1. The van der Waals surface area contributed by atoms with Gasteiger partial charge in [-0.2, -0.15) is 4.98 Å². The number of aromatic nitrogens is 4. The maximum Gasteiger partial charge on any atom is 0.278 e. The van der Waals surface area contributed by atoms with Crippen LogP contribution in [0.3, 0.4) is 0 Å². The van der Waals surface area contributed by atoms with Gasteiger partial charge < -0.3 is 15.8 Å². The number of halogens is 1. The minimum atomic E-state index is -0.419. The number of fused-ring (bicyclic) bond motifs is 1. The zero-order chi connectivity index (χ0) is 13.6. The predicted octanol–water partition coefficient (Wildman–Crippen LogP) is 1.25. The van der Waals surface area contributed by atoms with Gasteiger partial charge in [0.05, 0.1) is 5.02 Å². The molecule has 2 heterocycles. The highest BCUT2D eigenvalue weighted by Gasteiger charge is 2.13. The average Bonchev–Trinajstić information content (AvgIpc) is 2.76. The molecule has 0 bridgehead atoms. The highest BCUT2D eigenvalue weighted by Crippen LogP contribution is 2.29. The molecule has 0 saturated heterocycles. The molecule has 2 aromatic heterocycles. The number of aromatic amines is 2. The second-order valence-electron chi connectivity index (χ2n) is 3.90. The maximum absolute atomic E-state index is 11.7. The first kappa shape index (κ1) is 11.5. The lowest BCUT2D eigenvalue weighted by Crippen LogP contribution is -2.10. The van der Waals surface area contributed by atoms with Crippen LogP contribution in [0, 0.1) is 0 Å². The number of hydrogen-bond acceptors (Lipinski definition) is 5. The molecule has 0 saturated carbocycles. The molecule has 3 rings (SSSR count). The van der Waals surface area contributed by atoms with Crippen LogP contribution in [0.2, 0.25) is 5.02 Å². The van der Waals surface area contributed by atoms with Gasteiger partial charge in [-0.25, -0.2) is 4.98 Å². The van der Waals surface area contributed by atoms with Gasteiger partial charge in [-0.3, -0.25) is 9.78 Å². The van der Waals surface area contributed by atoms with Gasteiger partial charge >= 0.3 is 0 Å². The van der Waals surface area contributed by atoms with Gasteiger partial charge in [0.15, 0.2) is 11.2 Å². The highest BCUT2D eigenvalue weighted by atomic mass is 35.5. The Kier molecular flexibility index (Phi) is 2.42. The molecule has 0 spiro atoms. The summed E-state index contributed by atoms with van der Waals surface area (Å²) in [7, 11) is 0. The molecule has 0 amide bonds. The van der Waals surface area contributed by atoms with Crippen LogP contribution in [-0.2, 0) is 0 Å². The summed E-state index contributed by atoms with van der Waals surface area (Å²) in [6.07, 6.45) is 0. The SMILES string of the molecule is Nc1nc2nc(-c3cc(O)ccc3Cl)[nH]c2c(=O)[nH]1. The topological polar surface area (TPSA) is 121 Å². The van der Waals surface area contributed by atoms with E-state index in [2.05, 4.69) is 19.9 Å². The summed E-state index contributed by atoms with van der Waals surface area (Å²) in [5.74, 6) is 0.360. The molecule has 8 heteroatoms. The molecule has 7 nitrogen and oxygen atoms in total. The summed E-state index contributed by atoms with van der Waals surface area (Å²) in [5.41, 5.74) is 5.88. The number of rotatable bonds is 1. The molecule has 0 fully saturated rings. The van der Waals surface area contributed by atoms with Crippen molar-refractivity contribution in [3.8, 4) is 17.1 Å². The molecule has 19 heavy (non-hydrogen) atoms. The summed E-state index contributed by atoms with van der Waals surface area (Å²) in [6.45, 7) is 0. The lowest BCUT2D eigenvalue weighted by molar-refractivity contribution is 0.475. The fourth-order valence-electron chi connectivity index (χ4n) is 1.75. The van der Waals surface area contributed by atoms with Crippen LogP contribution in [0.15, 0.2) is 23.0 Å². The summed E-state index contributed by atoms with van der Waals surface area (Å²) in [6, 6.07) is 4.43. The largest absolute Gasteiger partial charge is 0.508 e. The summed E-state index contributed by atoms with van der Waals surface area (Å²) >= 11 is 6.03. The second kappa shape index (κ2) is 3.99. The number of H-pyrrole nitrogens is 2. The third-order valence-corrected chi connectivity index (χ3v) is 2.91. The number of benzene rings is 1. The molecule has 0 aliphatic heterocycles. The third kappa shape index (κ3) is 1.89. The van der Waals surface area contributed by atoms with E-state index in [-0.39, 0.29) is 22.9 Å². The predicted molar refractivity (Wildman–Crippen MR) is 71.0 cm³/mol. The fraction of sp³-hybridized carbons (Fsp3) is 0. The van der Waals surface area contributed by atoms with Gasteiger partial charge in [-0.15, -0.1) is 0 Å². The highest BCUT2D eigenvalue weighted by molar-refractivity contribution is 6.33. The van der Waals surface area contributed by atoms with Crippen molar-refractivity contribution in [2.45, 2.75) is 0 Å². The van der Waals surface area contributed by atoms with Crippen molar-refractivity contribution < 1.29 is 5.11 Å². The Balaban J connectivity index is 2.29. The molecule has 5 N–H and O–H groups in total. The van der Waals surface area contributed by atoms with Gasteiger partial charge in [0.1, 0.15) is 11.6 Å². The summed E-state index contributed by atoms with van der Waals surface area (Å²) in [4.78, 5) is 24.9. The number of nitrogens with one attached hydrogen (secondary N) is 2. The Hall–Kier alpha value is -2.54. The van der Waals surface area contributed by atoms with Crippen LogP contribution in [0.5, 0.6) is 5.75 Å². The Morgan fingerprint density at radius 1 is 1.26 bits per heavy atom. The van der Waals surface area contributed by atoms with Crippen LogP contribution in [0.1, 0.15) is 0 Å². The number of anilines is 1. The van der Waals surface area contributed by atoms with E-state index in [9.17, 15) is 9.90 Å². The van der Waals surface area contributed by atoms with Crippen LogP contribution >= 0.6 is 11.6 Å². The van der Waals surface area contributed by atoms with Crippen molar-refractivity contribution in [1.29, 1.82) is 0 Å². The normalized spacial score (nSPS) is 11.0. The Morgan fingerprint density at radius 2 is 2.05 bits per heavy atom. The van der Waals surface area contributed by atoms with E-state index >= 15 is 0 Å². The number of nitrogen functional groups attached to an aromatic ring is 1. The average molecular weight is 278 g/mol. The monoisotopic (exact) mass is 277 g/mol. The van der Waals surface area contributed by atoms with Crippen molar-refractivity contribution in [3.63, 3.8) is 0 Å². The number of nitrogens with zero attached hydrogens (tertiary/aromatic N) is 2. The molecule has 0 atom stereocenters. The number of phenols is 1.